The van der Waals surface area contributed by atoms with E-state index in [-0.39, 0.29) is 0 Å². The van der Waals surface area contributed by atoms with Crippen molar-refractivity contribution in [2.45, 2.75) is 19.4 Å². The van der Waals surface area contributed by atoms with Gasteiger partial charge in [0.2, 0.25) is 0 Å². The largest absolute Gasteiger partial charge is 0.496 e. The first-order valence-corrected chi connectivity index (χ1v) is 5.71. The SMILES string of the molecule is COc1cccc(Cl)c1CNCC1CC1. The van der Waals surface area contributed by atoms with E-state index in [0.29, 0.717) is 0 Å². The van der Waals surface area contributed by atoms with Crippen LogP contribution < -0.4 is 10.1 Å². The normalized spacial score (nSPS) is 15.3. The van der Waals surface area contributed by atoms with Crippen molar-refractivity contribution in [2.24, 2.45) is 5.92 Å². The highest BCUT2D eigenvalue weighted by molar-refractivity contribution is 6.31. The average Bonchev–Trinajstić information content (AvgIpc) is 3.04. The van der Waals surface area contributed by atoms with E-state index in [1.807, 2.05) is 18.2 Å². The zero-order valence-corrected chi connectivity index (χ0v) is 9.68. The number of hydrogen-bond donors (Lipinski definition) is 1. The van der Waals surface area contributed by atoms with Gasteiger partial charge < -0.3 is 10.1 Å². The van der Waals surface area contributed by atoms with Crippen LogP contribution in [0, 0.1) is 5.92 Å². The second kappa shape index (κ2) is 4.86. The summed E-state index contributed by atoms with van der Waals surface area (Å²) < 4.78 is 5.27. The Kier molecular flexibility index (Phi) is 3.49. The summed E-state index contributed by atoms with van der Waals surface area (Å²) >= 11 is 6.12. The minimum absolute atomic E-state index is 0.776. The van der Waals surface area contributed by atoms with Crippen molar-refractivity contribution < 1.29 is 4.74 Å². The summed E-state index contributed by atoms with van der Waals surface area (Å²) in [5.41, 5.74) is 1.06. The number of hydrogen-bond acceptors (Lipinski definition) is 2. The lowest BCUT2D eigenvalue weighted by molar-refractivity contribution is 0.407. The smallest absolute Gasteiger partial charge is 0.124 e. The molecule has 0 bridgehead atoms. The summed E-state index contributed by atoms with van der Waals surface area (Å²) in [5.74, 6) is 1.75. The number of rotatable bonds is 5. The van der Waals surface area contributed by atoms with Crippen LogP contribution in [0.2, 0.25) is 5.02 Å². The third kappa shape index (κ3) is 2.86. The van der Waals surface area contributed by atoms with Crippen LogP contribution in [0.4, 0.5) is 0 Å². The molecule has 1 N–H and O–H groups in total. The molecule has 2 nitrogen and oxygen atoms in total. The third-order valence-electron chi connectivity index (χ3n) is 2.73. The number of ether oxygens (including phenoxy) is 1. The van der Waals surface area contributed by atoms with Crippen molar-refractivity contribution in [3.8, 4) is 5.75 Å². The van der Waals surface area contributed by atoms with Crippen LogP contribution in [0.1, 0.15) is 18.4 Å². The van der Waals surface area contributed by atoms with Crippen molar-refractivity contribution in [1.82, 2.24) is 5.32 Å². The Labute approximate surface area is 95.6 Å². The molecule has 1 aromatic carbocycles. The highest BCUT2D eigenvalue weighted by Gasteiger charge is 2.20. The molecule has 0 aliphatic heterocycles. The minimum Gasteiger partial charge on any atom is -0.496 e. The summed E-state index contributed by atoms with van der Waals surface area (Å²) in [5, 5.41) is 4.19. The topological polar surface area (TPSA) is 21.3 Å². The standard InChI is InChI=1S/C12H16ClNO/c1-15-12-4-2-3-11(13)10(12)8-14-7-9-5-6-9/h2-4,9,14H,5-8H2,1H3. The lowest BCUT2D eigenvalue weighted by Crippen LogP contribution is -2.16. The van der Waals surface area contributed by atoms with Gasteiger partial charge in [-0.05, 0) is 37.4 Å². The highest BCUT2D eigenvalue weighted by atomic mass is 35.5. The molecule has 1 aliphatic carbocycles. The Morgan fingerprint density at radius 3 is 2.93 bits per heavy atom. The molecule has 0 spiro atoms. The van der Waals surface area contributed by atoms with Crippen LogP contribution in [-0.4, -0.2) is 13.7 Å². The van der Waals surface area contributed by atoms with E-state index < -0.39 is 0 Å². The van der Waals surface area contributed by atoms with Crippen molar-refractivity contribution in [3.05, 3.63) is 28.8 Å². The first-order valence-electron chi connectivity index (χ1n) is 5.33. The van der Waals surface area contributed by atoms with Crippen molar-refractivity contribution in [3.63, 3.8) is 0 Å². The van der Waals surface area contributed by atoms with Crippen LogP contribution in [0.5, 0.6) is 5.75 Å². The molecule has 0 amide bonds. The van der Waals surface area contributed by atoms with E-state index in [4.69, 9.17) is 16.3 Å². The fraction of sp³-hybridized carbons (Fsp3) is 0.500. The van der Waals surface area contributed by atoms with Gasteiger partial charge in [0.15, 0.2) is 0 Å². The quantitative estimate of drug-likeness (QED) is 0.832. The van der Waals surface area contributed by atoms with Gasteiger partial charge in [-0.1, -0.05) is 17.7 Å². The summed E-state index contributed by atoms with van der Waals surface area (Å²) in [6.45, 7) is 1.88. The molecule has 1 fully saturated rings. The van der Waals surface area contributed by atoms with E-state index in [1.54, 1.807) is 7.11 Å². The van der Waals surface area contributed by atoms with Crippen molar-refractivity contribution in [1.29, 1.82) is 0 Å². The Balaban J connectivity index is 1.97. The molecule has 0 atom stereocenters. The Hall–Kier alpha value is -0.730. The van der Waals surface area contributed by atoms with Crippen molar-refractivity contribution >= 4 is 11.6 Å². The molecule has 3 heteroatoms. The lowest BCUT2D eigenvalue weighted by atomic mass is 10.2. The molecular formula is C12H16ClNO. The molecule has 0 unspecified atom stereocenters. The molecule has 0 radical (unpaired) electrons. The van der Waals surface area contributed by atoms with Crippen LogP contribution in [0.3, 0.4) is 0 Å². The fourth-order valence-electron chi connectivity index (χ4n) is 1.62. The van der Waals surface area contributed by atoms with Crippen LogP contribution >= 0.6 is 11.6 Å². The zero-order chi connectivity index (χ0) is 10.7. The van der Waals surface area contributed by atoms with Gasteiger partial charge in [-0.25, -0.2) is 0 Å². The minimum atomic E-state index is 0.776. The predicted octanol–water partition coefficient (Wildman–Crippen LogP) is 2.85. The third-order valence-corrected chi connectivity index (χ3v) is 3.08. The van der Waals surface area contributed by atoms with Crippen LogP contribution in [-0.2, 0) is 6.54 Å². The Bertz CT molecular complexity index is 336. The molecule has 15 heavy (non-hydrogen) atoms. The van der Waals surface area contributed by atoms with E-state index >= 15 is 0 Å². The van der Waals surface area contributed by atoms with Gasteiger partial charge >= 0.3 is 0 Å². The zero-order valence-electron chi connectivity index (χ0n) is 8.92. The van der Waals surface area contributed by atoms with Gasteiger partial charge in [0.1, 0.15) is 5.75 Å². The predicted molar refractivity (Wildman–Crippen MR) is 62.4 cm³/mol. The first-order chi connectivity index (χ1) is 7.31. The summed E-state index contributed by atoms with van der Waals surface area (Å²) in [6, 6.07) is 5.75. The number of halogens is 1. The summed E-state index contributed by atoms with van der Waals surface area (Å²) in [4.78, 5) is 0. The van der Waals surface area contributed by atoms with Crippen LogP contribution in [0.15, 0.2) is 18.2 Å². The molecule has 82 valence electrons. The monoisotopic (exact) mass is 225 g/mol. The molecule has 1 aromatic rings. The number of nitrogens with one attached hydrogen (secondary N) is 1. The molecule has 2 rings (SSSR count). The van der Waals surface area contributed by atoms with E-state index in [9.17, 15) is 0 Å². The van der Waals surface area contributed by atoms with Gasteiger partial charge in [-0.2, -0.15) is 0 Å². The van der Waals surface area contributed by atoms with E-state index in [2.05, 4.69) is 5.32 Å². The van der Waals surface area contributed by atoms with Crippen molar-refractivity contribution in [2.75, 3.05) is 13.7 Å². The molecule has 1 aliphatic rings. The number of methoxy groups -OCH3 is 1. The van der Waals surface area contributed by atoms with Gasteiger partial charge in [-0.15, -0.1) is 0 Å². The lowest BCUT2D eigenvalue weighted by Gasteiger charge is -2.10. The maximum Gasteiger partial charge on any atom is 0.124 e. The number of benzene rings is 1. The fourth-order valence-corrected chi connectivity index (χ4v) is 1.86. The molecule has 0 aromatic heterocycles. The molecular weight excluding hydrogens is 210 g/mol. The van der Waals surface area contributed by atoms with Gasteiger partial charge in [0.25, 0.3) is 0 Å². The summed E-state index contributed by atoms with van der Waals surface area (Å²) in [6.07, 6.45) is 2.74. The molecule has 0 saturated heterocycles. The van der Waals surface area contributed by atoms with Gasteiger partial charge in [0.05, 0.1) is 7.11 Å². The highest BCUT2D eigenvalue weighted by Crippen LogP contribution is 2.29. The maximum atomic E-state index is 6.12. The molecule has 1 saturated carbocycles. The maximum absolute atomic E-state index is 6.12. The van der Waals surface area contributed by atoms with Gasteiger partial charge in [0, 0.05) is 17.1 Å². The van der Waals surface area contributed by atoms with E-state index in [1.165, 1.54) is 12.8 Å². The van der Waals surface area contributed by atoms with Gasteiger partial charge in [-0.3, -0.25) is 0 Å². The summed E-state index contributed by atoms with van der Waals surface area (Å²) in [7, 11) is 1.68. The second-order valence-electron chi connectivity index (χ2n) is 3.99. The first kappa shape index (κ1) is 10.8. The van der Waals surface area contributed by atoms with Crippen LogP contribution in [0.25, 0.3) is 0 Å². The molecule has 0 heterocycles. The van der Waals surface area contributed by atoms with E-state index in [0.717, 1.165) is 35.3 Å². The Morgan fingerprint density at radius 1 is 1.47 bits per heavy atom. The second-order valence-corrected chi connectivity index (χ2v) is 4.40. The Morgan fingerprint density at radius 2 is 2.27 bits per heavy atom. The average molecular weight is 226 g/mol.